The molecule has 188 valence electrons. The van der Waals surface area contributed by atoms with Crippen molar-refractivity contribution in [2.45, 2.75) is 59.0 Å². The first kappa shape index (κ1) is 24.0. The zero-order valence-corrected chi connectivity index (χ0v) is 20.2. The van der Waals surface area contributed by atoms with Crippen LogP contribution < -0.4 is 5.32 Å². The number of aryl methyl sites for hydroxylation is 3. The highest BCUT2D eigenvalue weighted by Gasteiger charge is 2.37. The van der Waals surface area contributed by atoms with Crippen LogP contribution in [0.4, 0.5) is 13.2 Å². The largest absolute Gasteiger partial charge is 0.347 e. The van der Waals surface area contributed by atoms with Crippen LogP contribution in [0.1, 0.15) is 53.4 Å². The Bertz CT molecular complexity index is 1450. The van der Waals surface area contributed by atoms with Crippen LogP contribution in [0, 0.1) is 18.7 Å². The highest BCUT2D eigenvalue weighted by molar-refractivity contribution is 5.94. The fraction of sp³-hybridized carbons (Fsp3) is 0.400. The number of alkyl halides is 2. The van der Waals surface area contributed by atoms with Crippen LogP contribution in [0.15, 0.2) is 30.6 Å². The number of rotatable bonds is 6. The summed E-state index contributed by atoms with van der Waals surface area (Å²) < 4.78 is 45.7. The van der Waals surface area contributed by atoms with E-state index in [-0.39, 0.29) is 30.3 Å². The third-order valence-corrected chi connectivity index (χ3v) is 6.54. The van der Waals surface area contributed by atoms with E-state index in [1.807, 2.05) is 13.8 Å². The number of nitrogens with one attached hydrogen (secondary N) is 1. The number of halogens is 3. The molecule has 1 aliphatic rings. The van der Waals surface area contributed by atoms with Crippen LogP contribution >= 0.6 is 0 Å². The SMILES string of the molecule is CCc1nc2ncc(C)cn2c1C(=O)NCc1ccc(-c2nc3n(n2)CCC(C(C)(F)F)C3)c(F)c1. The fourth-order valence-electron chi connectivity index (χ4n) is 4.53. The Hall–Kier alpha value is -3.76. The summed E-state index contributed by atoms with van der Waals surface area (Å²) in [5, 5.41) is 7.16. The van der Waals surface area contributed by atoms with E-state index in [9.17, 15) is 18.0 Å². The second kappa shape index (κ2) is 9.03. The van der Waals surface area contributed by atoms with Crippen molar-refractivity contribution in [2.75, 3.05) is 0 Å². The highest BCUT2D eigenvalue weighted by atomic mass is 19.3. The van der Waals surface area contributed by atoms with Gasteiger partial charge in [-0.3, -0.25) is 9.20 Å². The van der Waals surface area contributed by atoms with E-state index < -0.39 is 17.7 Å². The smallest absolute Gasteiger partial charge is 0.270 e. The maximum Gasteiger partial charge on any atom is 0.270 e. The van der Waals surface area contributed by atoms with Crippen LogP contribution in [0.2, 0.25) is 0 Å². The predicted molar refractivity (Wildman–Crippen MR) is 126 cm³/mol. The molecule has 1 aliphatic heterocycles. The zero-order chi connectivity index (χ0) is 25.6. The number of carbonyl (C=O) groups excluding carboxylic acids is 1. The molecule has 0 aliphatic carbocycles. The second-order valence-electron chi connectivity index (χ2n) is 9.28. The standard InChI is InChI=1S/C25H26F3N7O/c1-4-19-21(34-13-14(2)11-30-24(34)31-19)23(36)29-12-15-5-6-17(18(26)9-15)22-32-20-10-16(25(3,27)28)7-8-35(20)33-22/h5-6,9,11,13,16H,4,7-8,10,12H2,1-3H3,(H,29,36). The Morgan fingerprint density at radius 2 is 2.08 bits per heavy atom. The summed E-state index contributed by atoms with van der Waals surface area (Å²) in [6.07, 6.45) is 4.45. The molecule has 36 heavy (non-hydrogen) atoms. The van der Waals surface area contributed by atoms with E-state index in [2.05, 4.69) is 25.4 Å². The molecule has 0 radical (unpaired) electrons. The number of carbonyl (C=O) groups is 1. The van der Waals surface area contributed by atoms with Gasteiger partial charge in [0.2, 0.25) is 11.7 Å². The summed E-state index contributed by atoms with van der Waals surface area (Å²) in [5.74, 6) is -3.44. The number of amides is 1. The van der Waals surface area contributed by atoms with E-state index in [0.29, 0.717) is 47.9 Å². The van der Waals surface area contributed by atoms with Crippen molar-refractivity contribution in [3.05, 3.63) is 64.7 Å². The van der Waals surface area contributed by atoms with Gasteiger partial charge in [-0.05, 0) is 49.9 Å². The molecule has 1 unspecified atom stereocenters. The molecule has 0 saturated heterocycles. The molecule has 11 heteroatoms. The van der Waals surface area contributed by atoms with Crippen molar-refractivity contribution in [2.24, 2.45) is 5.92 Å². The Labute approximate surface area is 205 Å². The van der Waals surface area contributed by atoms with Crippen molar-refractivity contribution < 1.29 is 18.0 Å². The molecule has 3 aromatic heterocycles. The third kappa shape index (κ3) is 4.45. The molecule has 0 bridgehead atoms. The van der Waals surface area contributed by atoms with Gasteiger partial charge in [-0.1, -0.05) is 13.0 Å². The lowest BCUT2D eigenvalue weighted by molar-refractivity contribution is -0.0495. The lowest BCUT2D eigenvalue weighted by Crippen LogP contribution is -2.32. The van der Waals surface area contributed by atoms with Crippen LogP contribution in [0.5, 0.6) is 0 Å². The van der Waals surface area contributed by atoms with E-state index >= 15 is 0 Å². The number of aromatic nitrogens is 6. The Balaban J connectivity index is 1.32. The molecule has 1 amide bonds. The predicted octanol–water partition coefficient (Wildman–Crippen LogP) is 4.15. The monoisotopic (exact) mass is 497 g/mol. The van der Waals surface area contributed by atoms with Crippen LogP contribution in [0.3, 0.4) is 0 Å². The van der Waals surface area contributed by atoms with Gasteiger partial charge in [0.25, 0.3) is 5.91 Å². The lowest BCUT2D eigenvalue weighted by Gasteiger charge is -2.26. The fourth-order valence-corrected chi connectivity index (χ4v) is 4.53. The maximum absolute atomic E-state index is 15.0. The molecule has 1 aromatic carbocycles. The normalized spacial score (nSPS) is 15.8. The summed E-state index contributed by atoms with van der Waals surface area (Å²) in [7, 11) is 0. The summed E-state index contributed by atoms with van der Waals surface area (Å²) in [6, 6.07) is 4.55. The molecule has 1 atom stereocenters. The Morgan fingerprint density at radius 3 is 2.81 bits per heavy atom. The maximum atomic E-state index is 15.0. The topological polar surface area (TPSA) is 90.0 Å². The molecule has 0 spiro atoms. The molecule has 5 rings (SSSR count). The van der Waals surface area contributed by atoms with Crippen molar-refractivity contribution in [3.63, 3.8) is 0 Å². The highest BCUT2D eigenvalue weighted by Crippen LogP contribution is 2.33. The molecule has 1 N–H and O–H groups in total. The Morgan fingerprint density at radius 1 is 1.28 bits per heavy atom. The number of hydrogen-bond acceptors (Lipinski definition) is 5. The molecule has 4 heterocycles. The van der Waals surface area contributed by atoms with Crippen LogP contribution in [-0.4, -0.2) is 41.0 Å². The Kier molecular flexibility index (Phi) is 6.01. The summed E-state index contributed by atoms with van der Waals surface area (Å²) in [5.41, 5.74) is 2.67. The average Bonchev–Trinajstić information content (AvgIpc) is 3.42. The van der Waals surface area contributed by atoms with Gasteiger partial charge in [0.05, 0.1) is 11.3 Å². The third-order valence-electron chi connectivity index (χ3n) is 6.54. The summed E-state index contributed by atoms with van der Waals surface area (Å²) >= 11 is 0. The van der Waals surface area contributed by atoms with Gasteiger partial charge in [-0.15, -0.1) is 0 Å². The van der Waals surface area contributed by atoms with Crippen molar-refractivity contribution in [3.8, 4) is 11.4 Å². The number of nitrogens with zero attached hydrogens (tertiary/aromatic N) is 6. The van der Waals surface area contributed by atoms with Gasteiger partial charge < -0.3 is 5.32 Å². The minimum absolute atomic E-state index is 0.0975. The van der Waals surface area contributed by atoms with Gasteiger partial charge in [-0.2, -0.15) is 5.10 Å². The van der Waals surface area contributed by atoms with E-state index in [0.717, 1.165) is 12.5 Å². The first-order valence-corrected chi connectivity index (χ1v) is 11.9. The quantitative estimate of drug-likeness (QED) is 0.432. The van der Waals surface area contributed by atoms with Gasteiger partial charge in [0.15, 0.2) is 5.82 Å². The van der Waals surface area contributed by atoms with Crippen LogP contribution in [0.25, 0.3) is 17.2 Å². The van der Waals surface area contributed by atoms with Crippen molar-refractivity contribution in [1.29, 1.82) is 0 Å². The van der Waals surface area contributed by atoms with Gasteiger partial charge in [-0.25, -0.2) is 32.8 Å². The molecular formula is C25H26F3N7O. The van der Waals surface area contributed by atoms with E-state index in [1.54, 1.807) is 33.6 Å². The van der Waals surface area contributed by atoms with Gasteiger partial charge in [0, 0.05) is 37.8 Å². The van der Waals surface area contributed by atoms with E-state index in [4.69, 9.17) is 0 Å². The van der Waals surface area contributed by atoms with Crippen LogP contribution in [-0.2, 0) is 25.9 Å². The number of hydrogen-bond donors (Lipinski definition) is 1. The summed E-state index contributed by atoms with van der Waals surface area (Å²) in [4.78, 5) is 26.0. The average molecular weight is 498 g/mol. The molecule has 0 fully saturated rings. The number of fused-ring (bicyclic) bond motifs is 2. The molecule has 0 saturated carbocycles. The van der Waals surface area contributed by atoms with Gasteiger partial charge >= 0.3 is 0 Å². The molecule has 4 aromatic rings. The number of imidazole rings is 1. The first-order valence-electron chi connectivity index (χ1n) is 11.9. The number of benzene rings is 1. The molecular weight excluding hydrogens is 471 g/mol. The van der Waals surface area contributed by atoms with Gasteiger partial charge in [0.1, 0.15) is 17.3 Å². The first-order chi connectivity index (χ1) is 17.1. The van der Waals surface area contributed by atoms with E-state index in [1.165, 1.54) is 6.07 Å². The second-order valence-corrected chi connectivity index (χ2v) is 9.28. The minimum Gasteiger partial charge on any atom is -0.347 e. The van der Waals surface area contributed by atoms with Crippen molar-refractivity contribution in [1.82, 2.24) is 34.4 Å². The van der Waals surface area contributed by atoms with Crippen molar-refractivity contribution >= 4 is 11.7 Å². The summed E-state index contributed by atoms with van der Waals surface area (Å²) in [6.45, 7) is 5.13. The minimum atomic E-state index is -2.80. The zero-order valence-electron chi connectivity index (χ0n) is 20.2. The lowest BCUT2D eigenvalue weighted by atomic mass is 9.92. The molecule has 8 nitrogen and oxygen atoms in total.